The smallest absolute Gasteiger partial charge is 0.326 e. The lowest BCUT2D eigenvalue weighted by Gasteiger charge is -2.21. The number of aliphatic hydroxyl groups is 1. The molecule has 2 amide bonds. The van der Waals surface area contributed by atoms with Crippen LogP contribution in [0, 0.1) is 5.92 Å². The van der Waals surface area contributed by atoms with Crippen molar-refractivity contribution in [2.24, 2.45) is 5.92 Å². The first kappa shape index (κ1) is 11.2. The zero-order valence-electron chi connectivity index (χ0n) is 8.93. The molecule has 1 saturated heterocycles. The Hall–Kier alpha value is -1.30. The van der Waals surface area contributed by atoms with Gasteiger partial charge in [0.05, 0.1) is 6.10 Å². The number of carbonyl (C=O) groups excluding carboxylic acids is 1. The fraction of sp³-hybridized carbons (Fsp3) is 0.800. The molecule has 0 spiro atoms. The van der Waals surface area contributed by atoms with Gasteiger partial charge >= 0.3 is 12.0 Å². The fourth-order valence-corrected chi connectivity index (χ4v) is 1.93. The zero-order chi connectivity index (χ0) is 11.7. The van der Waals surface area contributed by atoms with E-state index < -0.39 is 18.1 Å². The second-order valence-corrected chi connectivity index (χ2v) is 4.53. The van der Waals surface area contributed by atoms with Gasteiger partial charge in [0.2, 0.25) is 0 Å². The van der Waals surface area contributed by atoms with Gasteiger partial charge in [0.15, 0.2) is 0 Å². The number of urea groups is 1. The van der Waals surface area contributed by atoms with Crippen molar-refractivity contribution in [1.82, 2.24) is 10.2 Å². The molecule has 0 aromatic rings. The van der Waals surface area contributed by atoms with Crippen LogP contribution in [0.1, 0.15) is 19.3 Å². The highest BCUT2D eigenvalue weighted by molar-refractivity contribution is 5.83. The van der Waals surface area contributed by atoms with Crippen molar-refractivity contribution in [3.63, 3.8) is 0 Å². The van der Waals surface area contributed by atoms with E-state index in [4.69, 9.17) is 5.11 Å². The van der Waals surface area contributed by atoms with Gasteiger partial charge in [-0.05, 0) is 18.8 Å². The van der Waals surface area contributed by atoms with Crippen LogP contribution in [-0.4, -0.2) is 52.3 Å². The lowest BCUT2D eigenvalue weighted by atomic mass is 10.2. The van der Waals surface area contributed by atoms with Crippen LogP contribution in [0.5, 0.6) is 0 Å². The SMILES string of the molecule is O=C(O)C1CC(O)CN1C(=O)NCC1CC1. The maximum atomic E-state index is 11.7. The largest absolute Gasteiger partial charge is 0.480 e. The number of carbonyl (C=O) groups is 2. The van der Waals surface area contributed by atoms with E-state index in [1.165, 1.54) is 4.90 Å². The first-order valence-corrected chi connectivity index (χ1v) is 5.53. The fourth-order valence-electron chi connectivity index (χ4n) is 1.93. The summed E-state index contributed by atoms with van der Waals surface area (Å²) in [4.78, 5) is 23.8. The highest BCUT2D eigenvalue weighted by Crippen LogP contribution is 2.27. The van der Waals surface area contributed by atoms with E-state index in [1.807, 2.05) is 0 Å². The van der Waals surface area contributed by atoms with E-state index >= 15 is 0 Å². The first-order valence-electron chi connectivity index (χ1n) is 5.53. The van der Waals surface area contributed by atoms with Crippen LogP contribution >= 0.6 is 0 Å². The van der Waals surface area contributed by atoms with Crippen molar-refractivity contribution in [3.8, 4) is 0 Å². The number of rotatable bonds is 3. The summed E-state index contributed by atoms with van der Waals surface area (Å²) in [5, 5.41) is 21.0. The number of aliphatic carboxylic acids is 1. The molecule has 1 aliphatic heterocycles. The molecule has 0 aromatic heterocycles. The van der Waals surface area contributed by atoms with Crippen molar-refractivity contribution in [2.75, 3.05) is 13.1 Å². The Bertz CT molecular complexity index is 303. The van der Waals surface area contributed by atoms with Gasteiger partial charge in [-0.1, -0.05) is 0 Å². The Kier molecular flexibility index (Phi) is 3.00. The minimum absolute atomic E-state index is 0.105. The molecule has 1 heterocycles. The number of β-amino-alcohol motifs (C(OH)–C–C–N with tert-alkyl or cyclic N) is 1. The summed E-state index contributed by atoms with van der Waals surface area (Å²) in [6.45, 7) is 0.714. The van der Waals surface area contributed by atoms with E-state index in [9.17, 15) is 14.7 Å². The van der Waals surface area contributed by atoms with Crippen molar-refractivity contribution in [1.29, 1.82) is 0 Å². The third kappa shape index (κ3) is 2.44. The Labute approximate surface area is 93.2 Å². The van der Waals surface area contributed by atoms with Gasteiger partial charge < -0.3 is 20.4 Å². The normalized spacial score (nSPS) is 29.2. The lowest BCUT2D eigenvalue weighted by molar-refractivity contribution is -0.141. The first-order chi connectivity index (χ1) is 7.58. The van der Waals surface area contributed by atoms with Crippen LogP contribution in [0.15, 0.2) is 0 Å². The Morgan fingerprint density at radius 1 is 1.38 bits per heavy atom. The Morgan fingerprint density at radius 2 is 2.06 bits per heavy atom. The van der Waals surface area contributed by atoms with Gasteiger partial charge in [0, 0.05) is 19.5 Å². The molecule has 1 saturated carbocycles. The highest BCUT2D eigenvalue weighted by atomic mass is 16.4. The van der Waals surface area contributed by atoms with Gasteiger partial charge in [-0.15, -0.1) is 0 Å². The number of hydrogen-bond donors (Lipinski definition) is 3. The van der Waals surface area contributed by atoms with Crippen LogP contribution < -0.4 is 5.32 Å². The van der Waals surface area contributed by atoms with Crippen LogP contribution in [0.25, 0.3) is 0 Å². The second-order valence-electron chi connectivity index (χ2n) is 4.53. The second kappa shape index (κ2) is 4.29. The molecule has 3 N–H and O–H groups in total. The molecule has 2 rings (SSSR count). The third-order valence-corrected chi connectivity index (χ3v) is 3.06. The Morgan fingerprint density at radius 3 is 2.62 bits per heavy atom. The topological polar surface area (TPSA) is 89.9 Å². The highest BCUT2D eigenvalue weighted by Gasteiger charge is 2.39. The van der Waals surface area contributed by atoms with E-state index in [1.54, 1.807) is 0 Å². The monoisotopic (exact) mass is 228 g/mol. The number of likely N-dealkylation sites (tertiary alicyclic amines) is 1. The maximum Gasteiger partial charge on any atom is 0.326 e. The van der Waals surface area contributed by atoms with Crippen molar-refractivity contribution in [2.45, 2.75) is 31.4 Å². The van der Waals surface area contributed by atoms with Crippen LogP contribution in [0.4, 0.5) is 4.79 Å². The molecule has 2 fully saturated rings. The predicted molar refractivity (Wildman–Crippen MR) is 54.9 cm³/mol. The van der Waals surface area contributed by atoms with Crippen LogP contribution in [-0.2, 0) is 4.79 Å². The van der Waals surface area contributed by atoms with Crippen LogP contribution in [0.3, 0.4) is 0 Å². The molecule has 0 radical (unpaired) electrons. The van der Waals surface area contributed by atoms with Gasteiger partial charge in [-0.2, -0.15) is 0 Å². The predicted octanol–water partition coefficient (Wildman–Crippen LogP) is -0.374. The van der Waals surface area contributed by atoms with E-state index in [2.05, 4.69) is 5.32 Å². The van der Waals surface area contributed by atoms with E-state index in [0.29, 0.717) is 12.5 Å². The average Bonchev–Trinajstić information content (AvgIpc) is 2.96. The number of carboxylic acid groups (broad SMARTS) is 1. The summed E-state index contributed by atoms with van der Waals surface area (Å²) in [5.74, 6) is -0.502. The summed E-state index contributed by atoms with van der Waals surface area (Å²) < 4.78 is 0. The molecule has 1 aliphatic carbocycles. The third-order valence-electron chi connectivity index (χ3n) is 3.06. The van der Waals surface area contributed by atoms with Crippen molar-refractivity contribution < 1.29 is 19.8 Å². The standard InChI is InChI=1S/C10H16N2O4/c13-7-3-8(9(14)15)12(5-7)10(16)11-4-6-1-2-6/h6-8,13H,1-5H2,(H,11,16)(H,14,15). The maximum absolute atomic E-state index is 11.7. The minimum Gasteiger partial charge on any atom is -0.480 e. The molecular formula is C10H16N2O4. The number of amides is 2. The molecule has 0 bridgehead atoms. The minimum atomic E-state index is -1.06. The van der Waals surface area contributed by atoms with Gasteiger partial charge in [0.1, 0.15) is 6.04 Å². The molecule has 6 nitrogen and oxygen atoms in total. The molecule has 2 unspecified atom stereocenters. The Balaban J connectivity index is 1.89. The van der Waals surface area contributed by atoms with E-state index in [0.717, 1.165) is 12.8 Å². The molecule has 0 aromatic carbocycles. The van der Waals surface area contributed by atoms with E-state index in [-0.39, 0.29) is 19.0 Å². The van der Waals surface area contributed by atoms with Gasteiger partial charge in [-0.3, -0.25) is 0 Å². The molecule has 16 heavy (non-hydrogen) atoms. The van der Waals surface area contributed by atoms with Crippen molar-refractivity contribution >= 4 is 12.0 Å². The van der Waals surface area contributed by atoms with Gasteiger partial charge in [-0.25, -0.2) is 9.59 Å². The number of aliphatic hydroxyl groups excluding tert-OH is 1. The quantitative estimate of drug-likeness (QED) is 0.614. The number of nitrogens with one attached hydrogen (secondary N) is 1. The number of carboxylic acids is 1. The van der Waals surface area contributed by atoms with Crippen LogP contribution in [0.2, 0.25) is 0 Å². The average molecular weight is 228 g/mol. The number of hydrogen-bond acceptors (Lipinski definition) is 3. The molecule has 90 valence electrons. The summed E-state index contributed by atoms with van der Waals surface area (Å²) in [5.41, 5.74) is 0. The molecular weight excluding hydrogens is 212 g/mol. The van der Waals surface area contributed by atoms with Gasteiger partial charge in [0.25, 0.3) is 0 Å². The lowest BCUT2D eigenvalue weighted by Crippen LogP contribution is -2.46. The molecule has 2 aliphatic rings. The zero-order valence-corrected chi connectivity index (χ0v) is 8.93. The van der Waals surface area contributed by atoms with Crippen molar-refractivity contribution in [3.05, 3.63) is 0 Å². The number of nitrogens with zero attached hydrogens (tertiary/aromatic N) is 1. The summed E-state index contributed by atoms with van der Waals surface area (Å²) >= 11 is 0. The molecule has 6 heteroatoms. The molecule has 2 atom stereocenters. The summed E-state index contributed by atoms with van der Waals surface area (Å²) in [7, 11) is 0. The summed E-state index contributed by atoms with van der Waals surface area (Å²) in [6.07, 6.45) is 1.65. The summed E-state index contributed by atoms with van der Waals surface area (Å²) in [6, 6.07) is -1.27.